The number of hydrogen-bond donors (Lipinski definition) is 2. The van der Waals surface area contributed by atoms with Gasteiger partial charge in [0, 0.05) is 38.6 Å². The van der Waals surface area contributed by atoms with Crippen molar-refractivity contribution in [2.45, 2.75) is 19.0 Å². The second-order valence-corrected chi connectivity index (χ2v) is 4.24. The first kappa shape index (κ1) is 12.6. The van der Waals surface area contributed by atoms with Gasteiger partial charge in [0.2, 0.25) is 5.91 Å². The van der Waals surface area contributed by atoms with Gasteiger partial charge in [-0.25, -0.2) is 4.98 Å². The molecule has 0 aliphatic carbocycles. The molecule has 1 atom stereocenters. The number of amides is 1. The molecular weight excluding hydrogens is 236 g/mol. The smallest absolute Gasteiger partial charge is 0.305 e. The van der Waals surface area contributed by atoms with Crippen molar-refractivity contribution in [3.63, 3.8) is 0 Å². The summed E-state index contributed by atoms with van der Waals surface area (Å²) >= 11 is 0. The van der Waals surface area contributed by atoms with Crippen molar-refractivity contribution >= 4 is 11.9 Å². The van der Waals surface area contributed by atoms with Crippen molar-refractivity contribution in [2.24, 2.45) is 0 Å². The lowest BCUT2D eigenvalue weighted by atomic mass is 10.1. The number of carboxylic acids is 1. The topological polar surface area (TPSA) is 87.5 Å². The summed E-state index contributed by atoms with van der Waals surface area (Å²) in [4.78, 5) is 28.3. The summed E-state index contributed by atoms with van der Waals surface area (Å²) in [6, 6.07) is -0.570. The zero-order valence-corrected chi connectivity index (χ0v) is 9.95. The normalized spacial score (nSPS) is 20.7. The van der Waals surface area contributed by atoms with Crippen molar-refractivity contribution in [3.05, 3.63) is 18.7 Å². The van der Waals surface area contributed by atoms with Crippen molar-refractivity contribution < 1.29 is 14.7 Å². The van der Waals surface area contributed by atoms with E-state index in [1.165, 1.54) is 0 Å². The molecule has 7 heteroatoms. The van der Waals surface area contributed by atoms with Crippen LogP contribution < -0.4 is 5.32 Å². The Bertz CT molecular complexity index is 418. The second-order valence-electron chi connectivity index (χ2n) is 4.24. The van der Waals surface area contributed by atoms with E-state index in [1.807, 2.05) is 15.7 Å². The van der Waals surface area contributed by atoms with Crippen molar-refractivity contribution in [2.75, 3.05) is 19.6 Å². The number of nitrogens with one attached hydrogen (secondary N) is 1. The largest absolute Gasteiger partial charge is 0.481 e. The third kappa shape index (κ3) is 3.07. The third-order valence-electron chi connectivity index (χ3n) is 3.01. The Morgan fingerprint density at radius 2 is 2.39 bits per heavy atom. The molecule has 1 aromatic rings. The number of carboxylic acid groups (broad SMARTS) is 1. The SMILES string of the molecule is O=C(O)CC1C(=O)NCCN1CCn1ccnc1. The van der Waals surface area contributed by atoms with Crippen LogP contribution in [0.3, 0.4) is 0 Å². The van der Waals surface area contributed by atoms with Crippen LogP contribution in [0.15, 0.2) is 18.7 Å². The predicted molar refractivity (Wildman–Crippen MR) is 62.9 cm³/mol. The van der Waals surface area contributed by atoms with Gasteiger partial charge in [-0.05, 0) is 0 Å². The van der Waals surface area contributed by atoms with E-state index in [9.17, 15) is 9.59 Å². The lowest BCUT2D eigenvalue weighted by Gasteiger charge is -2.34. The fraction of sp³-hybridized carbons (Fsp3) is 0.545. The van der Waals surface area contributed by atoms with Crippen LogP contribution in [0.25, 0.3) is 0 Å². The molecule has 0 bridgehead atoms. The van der Waals surface area contributed by atoms with Gasteiger partial charge in [-0.1, -0.05) is 0 Å². The van der Waals surface area contributed by atoms with Gasteiger partial charge in [-0.2, -0.15) is 0 Å². The summed E-state index contributed by atoms with van der Waals surface area (Å²) in [5.74, 6) is -1.15. The van der Waals surface area contributed by atoms with Crippen LogP contribution >= 0.6 is 0 Å². The van der Waals surface area contributed by atoms with Crippen LogP contribution in [0.5, 0.6) is 0 Å². The summed E-state index contributed by atoms with van der Waals surface area (Å²) in [7, 11) is 0. The number of nitrogens with zero attached hydrogens (tertiary/aromatic N) is 3. The molecule has 0 aromatic carbocycles. The van der Waals surface area contributed by atoms with E-state index in [4.69, 9.17) is 5.11 Å². The van der Waals surface area contributed by atoms with Crippen molar-refractivity contribution in [1.82, 2.24) is 19.8 Å². The molecule has 0 radical (unpaired) electrons. The molecule has 0 saturated carbocycles. The number of aliphatic carboxylic acids is 1. The highest BCUT2D eigenvalue weighted by Gasteiger charge is 2.31. The number of aromatic nitrogens is 2. The van der Waals surface area contributed by atoms with E-state index in [-0.39, 0.29) is 12.3 Å². The Labute approximate surface area is 104 Å². The highest BCUT2D eigenvalue weighted by Crippen LogP contribution is 2.09. The maximum atomic E-state index is 11.7. The molecule has 2 heterocycles. The van der Waals surface area contributed by atoms with Gasteiger partial charge < -0.3 is 15.0 Å². The summed E-state index contributed by atoms with van der Waals surface area (Å²) < 4.78 is 1.91. The average molecular weight is 252 g/mol. The van der Waals surface area contributed by atoms with E-state index < -0.39 is 12.0 Å². The van der Waals surface area contributed by atoms with Crippen LogP contribution in [-0.4, -0.2) is 57.1 Å². The maximum absolute atomic E-state index is 11.7. The molecule has 98 valence electrons. The summed E-state index contributed by atoms with van der Waals surface area (Å²) in [5, 5.41) is 11.5. The van der Waals surface area contributed by atoms with Gasteiger partial charge >= 0.3 is 5.97 Å². The summed E-state index contributed by atoms with van der Waals surface area (Å²) in [5.41, 5.74) is 0. The highest BCUT2D eigenvalue weighted by molar-refractivity contribution is 5.86. The van der Waals surface area contributed by atoms with E-state index in [1.54, 1.807) is 12.5 Å². The molecule has 1 amide bonds. The minimum atomic E-state index is -0.954. The first-order valence-electron chi connectivity index (χ1n) is 5.86. The van der Waals surface area contributed by atoms with Crippen LogP contribution in [-0.2, 0) is 16.1 Å². The maximum Gasteiger partial charge on any atom is 0.305 e. The summed E-state index contributed by atoms with van der Waals surface area (Å²) in [6.45, 7) is 2.59. The molecule has 1 aliphatic heterocycles. The molecule has 18 heavy (non-hydrogen) atoms. The quantitative estimate of drug-likeness (QED) is 0.713. The Morgan fingerprint density at radius 3 is 3.06 bits per heavy atom. The fourth-order valence-electron chi connectivity index (χ4n) is 2.08. The van der Waals surface area contributed by atoms with Gasteiger partial charge in [-0.3, -0.25) is 14.5 Å². The van der Waals surface area contributed by atoms with Gasteiger partial charge in [-0.15, -0.1) is 0 Å². The number of piperazine rings is 1. The van der Waals surface area contributed by atoms with E-state index in [0.29, 0.717) is 26.2 Å². The molecule has 1 fully saturated rings. The molecule has 7 nitrogen and oxygen atoms in total. The number of hydrogen-bond acceptors (Lipinski definition) is 4. The predicted octanol–water partition coefficient (Wildman–Crippen LogP) is -0.842. The molecule has 0 spiro atoms. The van der Waals surface area contributed by atoms with Crippen molar-refractivity contribution in [3.8, 4) is 0 Å². The van der Waals surface area contributed by atoms with Crippen LogP contribution in [0.2, 0.25) is 0 Å². The minimum absolute atomic E-state index is 0.157. The molecule has 1 saturated heterocycles. The highest BCUT2D eigenvalue weighted by atomic mass is 16.4. The fourth-order valence-corrected chi connectivity index (χ4v) is 2.08. The van der Waals surface area contributed by atoms with Gasteiger partial charge in [0.1, 0.15) is 0 Å². The number of carbonyl (C=O) groups excluding carboxylic acids is 1. The van der Waals surface area contributed by atoms with Gasteiger partial charge in [0.05, 0.1) is 18.8 Å². The molecule has 1 unspecified atom stereocenters. The number of rotatable bonds is 5. The van der Waals surface area contributed by atoms with E-state index in [2.05, 4.69) is 10.3 Å². The molecular formula is C11H16N4O3. The lowest BCUT2D eigenvalue weighted by Crippen LogP contribution is -2.56. The molecule has 2 N–H and O–H groups in total. The zero-order valence-electron chi connectivity index (χ0n) is 9.95. The van der Waals surface area contributed by atoms with Crippen LogP contribution in [0, 0.1) is 0 Å². The Balaban J connectivity index is 1.94. The standard InChI is InChI=1S/C11H16N4O3/c16-10(17)7-9-11(18)13-2-4-15(9)6-5-14-3-1-12-8-14/h1,3,8-9H,2,4-7H2,(H,13,18)(H,16,17). The van der Waals surface area contributed by atoms with Gasteiger partial charge in [0.15, 0.2) is 0 Å². The minimum Gasteiger partial charge on any atom is -0.481 e. The van der Waals surface area contributed by atoms with E-state index in [0.717, 1.165) is 0 Å². The number of carbonyl (C=O) groups is 2. The Hall–Kier alpha value is -1.89. The van der Waals surface area contributed by atoms with Gasteiger partial charge in [0.25, 0.3) is 0 Å². The first-order valence-corrected chi connectivity index (χ1v) is 5.86. The van der Waals surface area contributed by atoms with E-state index >= 15 is 0 Å². The lowest BCUT2D eigenvalue weighted by molar-refractivity contribution is -0.143. The average Bonchev–Trinajstić information content (AvgIpc) is 2.82. The first-order chi connectivity index (χ1) is 8.66. The summed E-state index contributed by atoms with van der Waals surface area (Å²) in [6.07, 6.45) is 5.08. The van der Waals surface area contributed by atoms with Crippen molar-refractivity contribution in [1.29, 1.82) is 0 Å². The molecule has 1 aromatic heterocycles. The van der Waals surface area contributed by atoms with Crippen LogP contribution in [0.4, 0.5) is 0 Å². The molecule has 2 rings (SSSR count). The Kier molecular flexibility index (Phi) is 3.93. The van der Waals surface area contributed by atoms with Crippen LogP contribution in [0.1, 0.15) is 6.42 Å². The number of imidazole rings is 1. The molecule has 1 aliphatic rings. The second kappa shape index (κ2) is 5.63. The monoisotopic (exact) mass is 252 g/mol. The third-order valence-corrected chi connectivity index (χ3v) is 3.01. The Morgan fingerprint density at radius 1 is 1.56 bits per heavy atom. The zero-order chi connectivity index (χ0) is 13.0.